The fourth-order valence-electron chi connectivity index (χ4n) is 3.72. The van der Waals surface area contributed by atoms with Crippen molar-refractivity contribution in [3.63, 3.8) is 0 Å². The monoisotopic (exact) mass is 400 g/mol. The highest BCUT2D eigenvalue weighted by molar-refractivity contribution is 7.89. The molecule has 0 spiro atoms. The lowest BCUT2D eigenvalue weighted by Gasteiger charge is -2.17. The fraction of sp³-hybridized carbons (Fsp3) is 0.300. The fourth-order valence-corrected chi connectivity index (χ4v) is 5.52. The maximum Gasteiger partial charge on any atom is 0.269 e. The van der Waals surface area contributed by atoms with Crippen LogP contribution in [0.1, 0.15) is 12.0 Å². The van der Waals surface area contributed by atoms with E-state index in [-0.39, 0.29) is 28.6 Å². The van der Waals surface area contributed by atoms with Gasteiger partial charge in [0.2, 0.25) is 10.0 Å². The van der Waals surface area contributed by atoms with Gasteiger partial charge >= 0.3 is 0 Å². The summed E-state index contributed by atoms with van der Waals surface area (Å²) in [6.45, 7) is 0.972. The van der Waals surface area contributed by atoms with Crippen molar-refractivity contribution in [3.8, 4) is 0 Å². The normalized spacial score (nSPS) is 25.9. The summed E-state index contributed by atoms with van der Waals surface area (Å²) in [4.78, 5) is 10.3. The molecule has 1 heterocycles. The van der Waals surface area contributed by atoms with Gasteiger partial charge in [-0.1, -0.05) is 42.5 Å². The van der Waals surface area contributed by atoms with Crippen molar-refractivity contribution in [2.24, 2.45) is 5.92 Å². The van der Waals surface area contributed by atoms with Gasteiger partial charge in [0, 0.05) is 18.1 Å². The molecule has 2 aromatic rings. The van der Waals surface area contributed by atoms with E-state index >= 15 is 0 Å². The van der Waals surface area contributed by atoms with E-state index in [0.29, 0.717) is 13.2 Å². The minimum atomic E-state index is -3.70. The molecule has 0 bridgehead atoms. The second-order valence-corrected chi connectivity index (χ2v) is 8.83. The highest BCUT2D eigenvalue weighted by atomic mass is 32.2. The molecule has 7 nitrogen and oxygen atoms in total. The first-order valence-electron chi connectivity index (χ1n) is 9.05. The Morgan fingerprint density at radius 3 is 2.50 bits per heavy atom. The first kappa shape index (κ1) is 18.8. The van der Waals surface area contributed by atoms with Gasteiger partial charge in [0.15, 0.2) is 0 Å². The minimum Gasteiger partial charge on any atom is -0.376 e. The Labute approximate surface area is 163 Å². The molecule has 0 saturated carbocycles. The average molecular weight is 400 g/mol. The third kappa shape index (κ3) is 3.58. The number of nitrogens with zero attached hydrogens (tertiary/aromatic N) is 2. The molecule has 146 valence electrons. The Morgan fingerprint density at radius 1 is 1.11 bits per heavy atom. The van der Waals surface area contributed by atoms with Gasteiger partial charge in [0.1, 0.15) is 0 Å². The van der Waals surface area contributed by atoms with Crippen molar-refractivity contribution in [1.82, 2.24) is 4.31 Å². The molecule has 4 rings (SSSR count). The van der Waals surface area contributed by atoms with Crippen molar-refractivity contribution in [1.29, 1.82) is 0 Å². The van der Waals surface area contributed by atoms with Gasteiger partial charge in [-0.05, 0) is 24.1 Å². The zero-order chi connectivity index (χ0) is 19.7. The molecule has 2 aromatic carbocycles. The van der Waals surface area contributed by atoms with Crippen LogP contribution in [-0.4, -0.2) is 36.3 Å². The van der Waals surface area contributed by atoms with Crippen LogP contribution in [0.15, 0.2) is 71.6 Å². The average Bonchev–Trinajstić information content (AvgIpc) is 3.45. The predicted molar refractivity (Wildman–Crippen MR) is 103 cm³/mol. The highest BCUT2D eigenvalue weighted by Crippen LogP contribution is 2.45. The van der Waals surface area contributed by atoms with Gasteiger partial charge in [-0.3, -0.25) is 10.1 Å². The van der Waals surface area contributed by atoms with Crippen molar-refractivity contribution in [3.05, 3.63) is 82.4 Å². The third-order valence-electron chi connectivity index (χ3n) is 5.17. The molecule has 0 N–H and O–H groups in total. The first-order valence-corrected chi connectivity index (χ1v) is 10.5. The van der Waals surface area contributed by atoms with Crippen LogP contribution in [0.25, 0.3) is 0 Å². The molecule has 2 aliphatic rings. The van der Waals surface area contributed by atoms with Crippen molar-refractivity contribution >= 4 is 15.7 Å². The molecule has 1 saturated heterocycles. The van der Waals surface area contributed by atoms with E-state index in [2.05, 4.69) is 0 Å². The molecule has 8 heteroatoms. The smallest absolute Gasteiger partial charge is 0.269 e. The van der Waals surface area contributed by atoms with E-state index in [0.717, 1.165) is 12.0 Å². The topological polar surface area (TPSA) is 89.5 Å². The second-order valence-electron chi connectivity index (χ2n) is 6.99. The summed E-state index contributed by atoms with van der Waals surface area (Å²) in [6.07, 6.45) is 4.69. The minimum absolute atomic E-state index is 0.0739. The summed E-state index contributed by atoms with van der Waals surface area (Å²) in [6, 6.07) is 14.6. The number of ether oxygens (including phenoxy) is 1. The molecule has 0 radical (unpaired) electrons. The molecule has 28 heavy (non-hydrogen) atoms. The van der Waals surface area contributed by atoms with Gasteiger partial charge in [-0.25, -0.2) is 8.42 Å². The van der Waals surface area contributed by atoms with E-state index in [1.54, 1.807) is 0 Å². The summed E-state index contributed by atoms with van der Waals surface area (Å²) >= 11 is 0. The standard InChI is InChI=1S/C20H20N2O5S/c23-22(24)17-9-11-18(12-10-17)28(25,26)21-19-8-4-7-16(20(19)21)14-27-13-15-5-2-1-3-6-15/h1-6,8-12,16,19-20H,7,13-14H2/t16-,19+,20-,21?/m1/s1. The zero-order valence-electron chi connectivity index (χ0n) is 15.0. The van der Waals surface area contributed by atoms with Crippen LogP contribution in [0, 0.1) is 16.0 Å². The summed E-state index contributed by atoms with van der Waals surface area (Å²) in [7, 11) is -3.70. The Balaban J connectivity index is 1.43. The Bertz CT molecular complexity index is 989. The van der Waals surface area contributed by atoms with Crippen LogP contribution in [-0.2, 0) is 21.4 Å². The van der Waals surface area contributed by atoms with E-state index < -0.39 is 14.9 Å². The Hall–Kier alpha value is -2.55. The molecule has 4 atom stereocenters. The summed E-state index contributed by atoms with van der Waals surface area (Å²) in [5.41, 5.74) is 0.950. The van der Waals surface area contributed by atoms with Gasteiger partial charge in [0.05, 0.1) is 35.1 Å². The van der Waals surface area contributed by atoms with Gasteiger partial charge in [0.25, 0.3) is 5.69 Å². The van der Waals surface area contributed by atoms with E-state index in [4.69, 9.17) is 4.74 Å². The molecular weight excluding hydrogens is 380 g/mol. The number of hydrogen-bond donors (Lipinski definition) is 0. The van der Waals surface area contributed by atoms with Gasteiger partial charge in [-0.15, -0.1) is 0 Å². The molecule has 0 amide bonds. The highest BCUT2D eigenvalue weighted by Gasteiger charge is 2.58. The summed E-state index contributed by atoms with van der Waals surface area (Å²) in [5, 5.41) is 10.8. The number of hydrogen-bond acceptors (Lipinski definition) is 5. The number of allylic oxidation sites excluding steroid dienone is 1. The predicted octanol–water partition coefficient (Wildman–Crippen LogP) is 3.13. The SMILES string of the molecule is O=[N+]([O-])c1ccc(S(=O)(=O)N2[C@@H]3[C@@H](COCc4ccccc4)CC=C[C@@H]32)cc1. The van der Waals surface area contributed by atoms with Crippen LogP contribution in [0.2, 0.25) is 0 Å². The van der Waals surface area contributed by atoms with Gasteiger partial charge < -0.3 is 4.74 Å². The van der Waals surface area contributed by atoms with Crippen LogP contribution < -0.4 is 0 Å². The maximum absolute atomic E-state index is 13.0. The summed E-state index contributed by atoms with van der Waals surface area (Å²) in [5.74, 6) is 0.0894. The number of benzene rings is 2. The Morgan fingerprint density at radius 2 is 1.82 bits per heavy atom. The lowest BCUT2D eigenvalue weighted by atomic mass is 9.95. The Kier molecular flexibility index (Phi) is 5.01. The maximum atomic E-state index is 13.0. The summed E-state index contributed by atoms with van der Waals surface area (Å²) < 4.78 is 33.2. The zero-order valence-corrected chi connectivity index (χ0v) is 15.9. The number of sulfonamides is 1. The molecule has 1 aliphatic heterocycles. The van der Waals surface area contributed by atoms with Crippen LogP contribution in [0.3, 0.4) is 0 Å². The second kappa shape index (κ2) is 7.46. The van der Waals surface area contributed by atoms with Crippen molar-refractivity contribution < 1.29 is 18.1 Å². The number of non-ortho nitro benzene ring substituents is 1. The van der Waals surface area contributed by atoms with E-state index in [1.807, 2.05) is 42.5 Å². The van der Waals surface area contributed by atoms with Gasteiger partial charge in [-0.2, -0.15) is 4.31 Å². The van der Waals surface area contributed by atoms with Crippen LogP contribution in [0.4, 0.5) is 5.69 Å². The number of rotatable bonds is 7. The molecular formula is C20H20N2O5S. The number of nitro groups is 1. The van der Waals surface area contributed by atoms with Crippen molar-refractivity contribution in [2.75, 3.05) is 6.61 Å². The van der Waals surface area contributed by atoms with Crippen LogP contribution >= 0.6 is 0 Å². The molecule has 1 aliphatic carbocycles. The molecule has 1 fully saturated rings. The van der Waals surface area contributed by atoms with Crippen LogP contribution in [0.5, 0.6) is 0 Å². The van der Waals surface area contributed by atoms with E-state index in [9.17, 15) is 18.5 Å². The lowest BCUT2D eigenvalue weighted by molar-refractivity contribution is -0.384. The van der Waals surface area contributed by atoms with E-state index in [1.165, 1.54) is 28.6 Å². The quantitative estimate of drug-likeness (QED) is 0.308. The third-order valence-corrected chi connectivity index (χ3v) is 7.08. The largest absolute Gasteiger partial charge is 0.376 e. The van der Waals surface area contributed by atoms with Crippen molar-refractivity contribution in [2.45, 2.75) is 30.0 Å². The number of nitro benzene ring substituents is 1. The first-order chi connectivity index (χ1) is 13.5. The molecule has 0 aromatic heterocycles. The number of fused-ring (bicyclic) bond motifs is 1. The lowest BCUT2D eigenvalue weighted by Crippen LogP contribution is -2.23. The molecule has 1 unspecified atom stereocenters.